The summed E-state index contributed by atoms with van der Waals surface area (Å²) in [4.78, 5) is 0.0790. The standard InChI is InChI=1S/C11H14BrClN2O2S.ClH/c12-8-2-3-10(9(13)6-8)18(16,17)15-7-11(14)4-1-5-11;/h2-3,6,15H,1,4-5,7,14H2;1H. The molecule has 0 radical (unpaired) electrons. The van der Waals surface area contributed by atoms with Crippen LogP contribution in [0.25, 0.3) is 0 Å². The highest BCUT2D eigenvalue weighted by Gasteiger charge is 2.34. The van der Waals surface area contributed by atoms with Crippen LogP contribution in [0.2, 0.25) is 5.02 Å². The lowest BCUT2D eigenvalue weighted by Crippen LogP contribution is -2.54. The molecule has 1 fully saturated rings. The van der Waals surface area contributed by atoms with Crippen LogP contribution in [0.15, 0.2) is 27.6 Å². The molecule has 0 atom stereocenters. The summed E-state index contributed by atoms with van der Waals surface area (Å²) in [5.41, 5.74) is 5.59. The van der Waals surface area contributed by atoms with Crippen molar-refractivity contribution in [2.75, 3.05) is 6.54 Å². The van der Waals surface area contributed by atoms with Gasteiger partial charge in [-0.1, -0.05) is 27.5 Å². The lowest BCUT2D eigenvalue weighted by molar-refractivity contribution is 0.251. The van der Waals surface area contributed by atoms with Gasteiger partial charge < -0.3 is 5.73 Å². The maximum absolute atomic E-state index is 12.1. The third-order valence-corrected chi connectivity index (χ3v) is 5.52. The lowest BCUT2D eigenvalue weighted by Gasteiger charge is -2.38. The van der Waals surface area contributed by atoms with Gasteiger partial charge in [-0.2, -0.15) is 0 Å². The van der Waals surface area contributed by atoms with Crippen molar-refractivity contribution in [3.8, 4) is 0 Å². The summed E-state index contributed by atoms with van der Waals surface area (Å²) >= 11 is 9.17. The third-order valence-electron chi connectivity index (χ3n) is 3.15. The Morgan fingerprint density at radius 3 is 2.53 bits per heavy atom. The molecule has 0 aliphatic heterocycles. The predicted molar refractivity (Wildman–Crippen MR) is 82.4 cm³/mol. The lowest BCUT2D eigenvalue weighted by atomic mass is 9.78. The van der Waals surface area contributed by atoms with Gasteiger partial charge in [-0.15, -0.1) is 12.4 Å². The molecule has 1 saturated carbocycles. The molecule has 0 aromatic heterocycles. The molecule has 1 aromatic rings. The minimum Gasteiger partial charge on any atom is -0.324 e. The van der Waals surface area contributed by atoms with Gasteiger partial charge in [-0.05, 0) is 37.5 Å². The molecular formula is C11H15BrCl2N2O2S. The highest BCUT2D eigenvalue weighted by molar-refractivity contribution is 9.10. The SMILES string of the molecule is Cl.NC1(CNS(=O)(=O)c2ccc(Br)cc2Cl)CCC1. The van der Waals surface area contributed by atoms with E-state index in [1.165, 1.54) is 6.07 Å². The maximum Gasteiger partial charge on any atom is 0.242 e. The van der Waals surface area contributed by atoms with E-state index in [0.29, 0.717) is 0 Å². The molecular weight excluding hydrogens is 375 g/mol. The van der Waals surface area contributed by atoms with Crippen LogP contribution in [0.3, 0.4) is 0 Å². The second kappa shape index (κ2) is 6.28. The number of halogens is 3. The number of hydrogen-bond donors (Lipinski definition) is 2. The number of rotatable bonds is 4. The molecule has 1 aromatic carbocycles. The zero-order chi connectivity index (χ0) is 13.4. The molecule has 0 heterocycles. The molecule has 0 bridgehead atoms. The third kappa shape index (κ3) is 4.06. The predicted octanol–water partition coefficient (Wildman–Crippen LogP) is 2.68. The van der Waals surface area contributed by atoms with Crippen LogP contribution in [-0.2, 0) is 10.0 Å². The molecule has 0 spiro atoms. The molecule has 108 valence electrons. The van der Waals surface area contributed by atoms with Crippen molar-refractivity contribution < 1.29 is 8.42 Å². The monoisotopic (exact) mass is 388 g/mol. The van der Waals surface area contributed by atoms with Crippen molar-refractivity contribution in [3.05, 3.63) is 27.7 Å². The number of nitrogens with one attached hydrogen (secondary N) is 1. The highest BCUT2D eigenvalue weighted by atomic mass is 79.9. The summed E-state index contributed by atoms with van der Waals surface area (Å²) in [6, 6.07) is 4.67. The Morgan fingerprint density at radius 2 is 2.05 bits per heavy atom. The summed E-state index contributed by atoms with van der Waals surface area (Å²) in [6.07, 6.45) is 2.75. The fourth-order valence-electron chi connectivity index (χ4n) is 1.82. The van der Waals surface area contributed by atoms with Crippen LogP contribution >= 0.6 is 39.9 Å². The molecule has 8 heteroatoms. The maximum atomic E-state index is 12.1. The fourth-order valence-corrected chi connectivity index (χ4v) is 3.99. The topological polar surface area (TPSA) is 72.2 Å². The van der Waals surface area contributed by atoms with Gasteiger partial charge >= 0.3 is 0 Å². The van der Waals surface area contributed by atoms with Gasteiger partial charge in [0.1, 0.15) is 4.90 Å². The zero-order valence-electron chi connectivity index (χ0n) is 10.0. The van der Waals surface area contributed by atoms with Crippen molar-refractivity contribution in [2.45, 2.75) is 29.7 Å². The van der Waals surface area contributed by atoms with Gasteiger partial charge in [0.2, 0.25) is 10.0 Å². The van der Waals surface area contributed by atoms with Gasteiger partial charge in [0.15, 0.2) is 0 Å². The van der Waals surface area contributed by atoms with Crippen molar-refractivity contribution in [2.24, 2.45) is 5.73 Å². The Bertz CT molecular complexity index is 562. The molecule has 2 rings (SSSR count). The quantitative estimate of drug-likeness (QED) is 0.831. The molecule has 0 amide bonds. The summed E-state index contributed by atoms with van der Waals surface area (Å²) < 4.78 is 27.4. The van der Waals surface area contributed by atoms with E-state index in [4.69, 9.17) is 17.3 Å². The second-order valence-corrected chi connectivity index (χ2v) is 7.67. The first-order chi connectivity index (χ1) is 8.32. The van der Waals surface area contributed by atoms with Crippen molar-refractivity contribution in [1.29, 1.82) is 0 Å². The zero-order valence-corrected chi connectivity index (χ0v) is 14.0. The molecule has 3 N–H and O–H groups in total. The van der Waals surface area contributed by atoms with E-state index in [1.54, 1.807) is 12.1 Å². The normalized spacial score (nSPS) is 17.4. The van der Waals surface area contributed by atoms with E-state index < -0.39 is 15.6 Å². The number of benzene rings is 1. The number of nitrogens with two attached hydrogens (primary N) is 1. The van der Waals surface area contributed by atoms with E-state index in [0.717, 1.165) is 23.7 Å². The molecule has 1 aliphatic carbocycles. The first-order valence-corrected chi connectivity index (χ1v) is 8.21. The summed E-state index contributed by atoms with van der Waals surface area (Å²) in [6.45, 7) is 0.252. The van der Waals surface area contributed by atoms with Crippen molar-refractivity contribution in [3.63, 3.8) is 0 Å². The summed E-state index contributed by atoms with van der Waals surface area (Å²) in [5, 5.41) is 0.191. The first-order valence-electron chi connectivity index (χ1n) is 5.56. The van der Waals surface area contributed by atoms with Gasteiger partial charge in [-0.25, -0.2) is 13.1 Å². The van der Waals surface area contributed by atoms with Crippen LogP contribution < -0.4 is 10.5 Å². The van der Waals surface area contributed by atoms with Crippen LogP contribution in [0.5, 0.6) is 0 Å². The van der Waals surface area contributed by atoms with Crippen LogP contribution in [0.4, 0.5) is 0 Å². The van der Waals surface area contributed by atoms with Crippen LogP contribution in [0.1, 0.15) is 19.3 Å². The van der Waals surface area contributed by atoms with Gasteiger partial charge in [0, 0.05) is 16.6 Å². The van der Waals surface area contributed by atoms with E-state index in [2.05, 4.69) is 20.7 Å². The molecule has 0 saturated heterocycles. The highest BCUT2D eigenvalue weighted by Crippen LogP contribution is 2.29. The first kappa shape index (κ1) is 17.2. The summed E-state index contributed by atoms with van der Waals surface area (Å²) in [5.74, 6) is 0. The molecule has 0 unspecified atom stereocenters. The Kier molecular flexibility index (Phi) is 5.69. The smallest absolute Gasteiger partial charge is 0.242 e. The van der Waals surface area contributed by atoms with Gasteiger partial charge in [-0.3, -0.25) is 0 Å². The Hall–Kier alpha value is 0.150. The Balaban J connectivity index is 0.00000180. The molecule has 19 heavy (non-hydrogen) atoms. The minimum absolute atomic E-state index is 0. The second-order valence-electron chi connectivity index (χ2n) is 4.62. The Labute approximate surface area is 132 Å². The number of hydrogen-bond acceptors (Lipinski definition) is 3. The van der Waals surface area contributed by atoms with Crippen LogP contribution in [0, 0.1) is 0 Å². The fraction of sp³-hybridized carbons (Fsp3) is 0.455. The largest absolute Gasteiger partial charge is 0.324 e. The van der Waals surface area contributed by atoms with E-state index >= 15 is 0 Å². The van der Waals surface area contributed by atoms with E-state index in [-0.39, 0.29) is 28.9 Å². The molecule has 4 nitrogen and oxygen atoms in total. The average Bonchev–Trinajstić information content (AvgIpc) is 2.23. The van der Waals surface area contributed by atoms with Crippen molar-refractivity contribution >= 4 is 50.0 Å². The van der Waals surface area contributed by atoms with E-state index in [1.807, 2.05) is 0 Å². The Morgan fingerprint density at radius 1 is 1.42 bits per heavy atom. The van der Waals surface area contributed by atoms with Crippen LogP contribution in [-0.4, -0.2) is 20.5 Å². The molecule has 1 aliphatic rings. The minimum atomic E-state index is -3.60. The summed E-state index contributed by atoms with van der Waals surface area (Å²) in [7, 11) is -3.60. The number of sulfonamides is 1. The van der Waals surface area contributed by atoms with E-state index in [9.17, 15) is 8.42 Å². The van der Waals surface area contributed by atoms with Crippen molar-refractivity contribution in [1.82, 2.24) is 4.72 Å². The van der Waals surface area contributed by atoms with Gasteiger partial charge in [0.05, 0.1) is 5.02 Å². The average molecular weight is 390 g/mol. The van der Waals surface area contributed by atoms with Gasteiger partial charge in [0.25, 0.3) is 0 Å².